The fourth-order valence-electron chi connectivity index (χ4n) is 2.85. The smallest absolute Gasteiger partial charge is 0.222 e. The fraction of sp³-hybridized carbons (Fsp3) is 0.562. The Balaban J connectivity index is 2.15. The summed E-state index contributed by atoms with van der Waals surface area (Å²) in [6, 6.07) is 10.5. The summed E-state index contributed by atoms with van der Waals surface area (Å²) in [4.78, 5) is 13.8. The quantitative estimate of drug-likeness (QED) is 0.900. The van der Waals surface area contributed by atoms with Gasteiger partial charge in [-0.2, -0.15) is 0 Å². The van der Waals surface area contributed by atoms with Crippen molar-refractivity contribution in [2.45, 2.75) is 25.2 Å². The molecule has 1 aromatic rings. The van der Waals surface area contributed by atoms with Crippen LogP contribution in [0.3, 0.4) is 0 Å². The largest absolute Gasteiger partial charge is 0.349 e. The van der Waals surface area contributed by atoms with Crippen molar-refractivity contribution >= 4 is 5.91 Å². The second-order valence-electron chi connectivity index (χ2n) is 5.62. The van der Waals surface area contributed by atoms with Gasteiger partial charge in [0.2, 0.25) is 5.91 Å². The van der Waals surface area contributed by atoms with Gasteiger partial charge in [0.05, 0.1) is 0 Å². The van der Waals surface area contributed by atoms with E-state index in [1.54, 1.807) is 4.90 Å². The molecule has 1 fully saturated rings. The van der Waals surface area contributed by atoms with Crippen LogP contribution in [0.4, 0.5) is 0 Å². The standard InChI is InChI=1S/C16H24N2O/c1-18(2)16(19)11-15(13-7-4-3-5-8-13)14-9-6-10-17-12-14/h3-5,7-8,14-15,17H,6,9-12H2,1-2H3/t14-,15+/m1/s1. The lowest BCUT2D eigenvalue weighted by Gasteiger charge is -2.31. The van der Waals surface area contributed by atoms with E-state index in [1.165, 1.54) is 18.4 Å². The minimum Gasteiger partial charge on any atom is -0.349 e. The van der Waals surface area contributed by atoms with Crippen molar-refractivity contribution in [2.75, 3.05) is 27.2 Å². The monoisotopic (exact) mass is 260 g/mol. The second-order valence-corrected chi connectivity index (χ2v) is 5.62. The zero-order valence-electron chi connectivity index (χ0n) is 11.9. The van der Waals surface area contributed by atoms with E-state index in [4.69, 9.17) is 0 Å². The zero-order valence-corrected chi connectivity index (χ0v) is 11.9. The molecule has 1 heterocycles. The Kier molecular flexibility index (Phi) is 4.97. The Morgan fingerprint density at radius 3 is 2.68 bits per heavy atom. The Morgan fingerprint density at radius 2 is 2.11 bits per heavy atom. The van der Waals surface area contributed by atoms with Crippen LogP contribution in [-0.2, 0) is 4.79 Å². The highest BCUT2D eigenvalue weighted by Crippen LogP contribution is 2.32. The first kappa shape index (κ1) is 14.1. The van der Waals surface area contributed by atoms with E-state index in [9.17, 15) is 4.79 Å². The molecular weight excluding hydrogens is 236 g/mol. The van der Waals surface area contributed by atoms with E-state index in [-0.39, 0.29) is 5.91 Å². The van der Waals surface area contributed by atoms with Gasteiger partial charge in [0.25, 0.3) is 0 Å². The third kappa shape index (κ3) is 3.80. The maximum absolute atomic E-state index is 12.1. The molecule has 1 aromatic carbocycles. The Labute approximate surface area is 116 Å². The van der Waals surface area contributed by atoms with Gasteiger partial charge in [-0.15, -0.1) is 0 Å². The van der Waals surface area contributed by atoms with Crippen LogP contribution in [0.25, 0.3) is 0 Å². The van der Waals surface area contributed by atoms with Gasteiger partial charge in [0.1, 0.15) is 0 Å². The van der Waals surface area contributed by atoms with E-state index >= 15 is 0 Å². The summed E-state index contributed by atoms with van der Waals surface area (Å²) < 4.78 is 0. The molecule has 3 nitrogen and oxygen atoms in total. The topological polar surface area (TPSA) is 32.3 Å². The van der Waals surface area contributed by atoms with Crippen molar-refractivity contribution in [3.8, 4) is 0 Å². The normalized spacial score (nSPS) is 20.8. The molecule has 104 valence electrons. The van der Waals surface area contributed by atoms with Gasteiger partial charge in [0, 0.05) is 20.5 Å². The first-order valence-corrected chi connectivity index (χ1v) is 7.14. The molecular formula is C16H24N2O. The van der Waals surface area contributed by atoms with Gasteiger partial charge in [-0.1, -0.05) is 30.3 Å². The molecule has 0 unspecified atom stereocenters. The second kappa shape index (κ2) is 6.71. The summed E-state index contributed by atoms with van der Waals surface area (Å²) in [5, 5.41) is 3.46. The van der Waals surface area contributed by atoms with Crippen LogP contribution in [0.5, 0.6) is 0 Å². The lowest BCUT2D eigenvalue weighted by atomic mass is 9.79. The van der Waals surface area contributed by atoms with Gasteiger partial charge in [-0.3, -0.25) is 4.79 Å². The van der Waals surface area contributed by atoms with Crippen molar-refractivity contribution in [3.05, 3.63) is 35.9 Å². The third-order valence-corrected chi connectivity index (χ3v) is 4.03. The maximum atomic E-state index is 12.1. The summed E-state index contributed by atoms with van der Waals surface area (Å²) in [6.07, 6.45) is 3.04. The minimum absolute atomic E-state index is 0.222. The highest BCUT2D eigenvalue weighted by molar-refractivity contribution is 5.76. The molecule has 1 aliphatic heterocycles. The van der Waals surface area contributed by atoms with E-state index in [2.05, 4.69) is 29.6 Å². The van der Waals surface area contributed by atoms with Crippen molar-refractivity contribution in [2.24, 2.45) is 5.92 Å². The molecule has 0 radical (unpaired) electrons. The number of nitrogens with one attached hydrogen (secondary N) is 1. The van der Waals surface area contributed by atoms with Crippen LogP contribution < -0.4 is 5.32 Å². The molecule has 0 aromatic heterocycles. The van der Waals surface area contributed by atoms with Crippen molar-refractivity contribution in [3.63, 3.8) is 0 Å². The number of nitrogens with zero attached hydrogens (tertiary/aromatic N) is 1. The molecule has 0 spiro atoms. The number of carbonyl (C=O) groups excluding carboxylic acids is 1. The van der Waals surface area contributed by atoms with Crippen LogP contribution in [0, 0.1) is 5.92 Å². The number of carbonyl (C=O) groups is 1. The molecule has 0 saturated carbocycles. The number of hydrogen-bond acceptors (Lipinski definition) is 2. The van der Waals surface area contributed by atoms with Gasteiger partial charge in [0.15, 0.2) is 0 Å². The molecule has 2 atom stereocenters. The fourth-order valence-corrected chi connectivity index (χ4v) is 2.85. The first-order valence-electron chi connectivity index (χ1n) is 7.14. The molecule has 1 saturated heterocycles. The molecule has 2 rings (SSSR count). The highest BCUT2D eigenvalue weighted by atomic mass is 16.2. The molecule has 0 bridgehead atoms. The van der Waals surface area contributed by atoms with Crippen molar-refractivity contribution in [1.82, 2.24) is 10.2 Å². The summed E-state index contributed by atoms with van der Waals surface area (Å²) in [6.45, 7) is 2.14. The maximum Gasteiger partial charge on any atom is 0.222 e. The summed E-state index contributed by atoms with van der Waals surface area (Å²) in [7, 11) is 3.67. The Morgan fingerprint density at radius 1 is 1.37 bits per heavy atom. The molecule has 1 N–H and O–H groups in total. The number of amides is 1. The van der Waals surface area contributed by atoms with Gasteiger partial charge >= 0.3 is 0 Å². The molecule has 1 aliphatic rings. The summed E-state index contributed by atoms with van der Waals surface area (Å²) in [5.41, 5.74) is 1.30. The highest BCUT2D eigenvalue weighted by Gasteiger charge is 2.27. The molecule has 0 aliphatic carbocycles. The van der Waals surface area contributed by atoms with E-state index in [0.29, 0.717) is 18.3 Å². The average Bonchev–Trinajstić information content (AvgIpc) is 2.46. The van der Waals surface area contributed by atoms with Crippen molar-refractivity contribution in [1.29, 1.82) is 0 Å². The van der Waals surface area contributed by atoms with Crippen LogP contribution in [0.1, 0.15) is 30.7 Å². The van der Waals surface area contributed by atoms with Crippen LogP contribution >= 0.6 is 0 Å². The van der Waals surface area contributed by atoms with Crippen LogP contribution in [0.15, 0.2) is 30.3 Å². The van der Waals surface area contributed by atoms with Crippen LogP contribution in [0.2, 0.25) is 0 Å². The van der Waals surface area contributed by atoms with E-state index in [1.807, 2.05) is 20.2 Å². The summed E-state index contributed by atoms with van der Waals surface area (Å²) in [5.74, 6) is 1.13. The first-order chi connectivity index (χ1) is 9.18. The predicted octanol–water partition coefficient (Wildman–Crippen LogP) is 2.25. The number of hydrogen-bond donors (Lipinski definition) is 1. The van der Waals surface area contributed by atoms with E-state index in [0.717, 1.165) is 13.1 Å². The minimum atomic E-state index is 0.222. The Hall–Kier alpha value is -1.35. The van der Waals surface area contributed by atoms with Gasteiger partial charge < -0.3 is 10.2 Å². The van der Waals surface area contributed by atoms with Crippen LogP contribution in [-0.4, -0.2) is 38.0 Å². The predicted molar refractivity (Wildman–Crippen MR) is 78.1 cm³/mol. The number of rotatable bonds is 4. The lowest BCUT2D eigenvalue weighted by molar-refractivity contribution is -0.129. The van der Waals surface area contributed by atoms with E-state index < -0.39 is 0 Å². The zero-order chi connectivity index (χ0) is 13.7. The van der Waals surface area contributed by atoms with Gasteiger partial charge in [-0.05, 0) is 43.3 Å². The van der Waals surface area contributed by atoms with Gasteiger partial charge in [-0.25, -0.2) is 0 Å². The molecule has 3 heteroatoms. The number of benzene rings is 1. The summed E-state index contributed by atoms with van der Waals surface area (Å²) >= 11 is 0. The lowest BCUT2D eigenvalue weighted by Crippen LogP contribution is -2.35. The number of piperidine rings is 1. The molecule has 19 heavy (non-hydrogen) atoms. The van der Waals surface area contributed by atoms with Crippen molar-refractivity contribution < 1.29 is 4.79 Å². The third-order valence-electron chi connectivity index (χ3n) is 4.03. The Bertz CT molecular complexity index is 396. The average molecular weight is 260 g/mol. The molecule has 1 amide bonds. The SMILES string of the molecule is CN(C)C(=O)C[C@@H](c1ccccc1)[C@@H]1CCCNC1.